The normalized spacial score (nSPS) is 16.1. The lowest BCUT2D eigenvalue weighted by molar-refractivity contribution is -0.189. The Morgan fingerprint density at radius 2 is 2.08 bits per heavy atom. The number of anilines is 1. The van der Waals surface area contributed by atoms with Crippen LogP contribution in [-0.2, 0) is 26.2 Å². The van der Waals surface area contributed by atoms with Crippen molar-refractivity contribution in [2.24, 2.45) is 5.73 Å². The molecule has 2 aromatic heterocycles. The molecular formula is C21H18F3N5O6S2. The average Bonchev–Trinajstić information content (AvgIpc) is 3.59. The Labute approximate surface area is 211 Å². The van der Waals surface area contributed by atoms with Crippen LogP contribution in [0.2, 0.25) is 0 Å². The Balaban J connectivity index is 1.65. The minimum atomic E-state index is -5.27. The van der Waals surface area contributed by atoms with Gasteiger partial charge < -0.3 is 19.9 Å². The molecule has 1 atom stereocenters. The highest BCUT2D eigenvalue weighted by atomic mass is 32.2. The van der Waals surface area contributed by atoms with E-state index in [-0.39, 0.29) is 40.7 Å². The summed E-state index contributed by atoms with van der Waals surface area (Å²) < 4.78 is 75.4. The van der Waals surface area contributed by atoms with Gasteiger partial charge in [0.15, 0.2) is 0 Å². The summed E-state index contributed by atoms with van der Waals surface area (Å²) in [6.45, 7) is -0.328. The number of ether oxygens (including phenoxy) is 1. The van der Waals surface area contributed by atoms with Crippen LogP contribution in [0.15, 0.2) is 56.7 Å². The number of esters is 1. The molecule has 1 aliphatic heterocycles. The molecule has 3 aromatic rings. The molecule has 1 saturated heterocycles. The van der Waals surface area contributed by atoms with Crippen molar-refractivity contribution >= 4 is 45.0 Å². The van der Waals surface area contributed by atoms with Crippen LogP contribution in [-0.4, -0.2) is 54.9 Å². The second-order valence-corrected chi connectivity index (χ2v) is 10.8. The Morgan fingerprint density at radius 1 is 1.32 bits per heavy atom. The lowest BCUT2D eigenvalue weighted by atomic mass is 10.1. The van der Waals surface area contributed by atoms with E-state index in [1.807, 2.05) is 0 Å². The Morgan fingerprint density at radius 3 is 2.68 bits per heavy atom. The minimum Gasteiger partial charge on any atom is -0.420 e. The van der Waals surface area contributed by atoms with Crippen molar-refractivity contribution in [2.45, 2.75) is 29.4 Å². The van der Waals surface area contributed by atoms with Crippen molar-refractivity contribution in [1.29, 1.82) is 5.41 Å². The Hall–Kier alpha value is -3.92. The number of halogens is 3. The van der Waals surface area contributed by atoms with Crippen LogP contribution in [0.4, 0.5) is 19.1 Å². The topological polar surface area (TPSA) is 160 Å². The SMILES string of the molecule is N=C(N)c1ccc(OC(=O)C(F)(F)F)c(CN2CC[C@H](N(c3ccno3)S(=O)(=O)c3cccs3)C2=O)c1. The standard InChI is InChI=1S/C21H18F3N5O6S2/c22-21(23,24)20(31)34-15-4-3-12(18(25)26)10-13(15)11-28-8-6-14(19(28)30)29(16-5-7-27-35-16)37(32,33)17-2-1-9-36-17/h1-5,7,9-10,14H,6,8,11H2,(H3,25,26)/t14-/m0/s1. The van der Waals surface area contributed by atoms with Crippen LogP contribution < -0.4 is 14.8 Å². The lowest BCUT2D eigenvalue weighted by Gasteiger charge is -2.26. The van der Waals surface area contributed by atoms with Crippen LogP contribution in [0.5, 0.6) is 5.75 Å². The molecule has 11 nitrogen and oxygen atoms in total. The van der Waals surface area contributed by atoms with Gasteiger partial charge >= 0.3 is 12.1 Å². The molecular weight excluding hydrogens is 539 g/mol. The van der Waals surface area contributed by atoms with Crippen LogP contribution in [0.3, 0.4) is 0 Å². The van der Waals surface area contributed by atoms with Crippen LogP contribution in [0.25, 0.3) is 0 Å². The monoisotopic (exact) mass is 557 g/mol. The maximum absolute atomic E-state index is 13.4. The second-order valence-electron chi connectivity index (χ2n) is 7.77. The fraction of sp³-hybridized carbons (Fsp3) is 0.238. The van der Waals surface area contributed by atoms with Crippen molar-refractivity contribution in [1.82, 2.24) is 10.1 Å². The number of amidine groups is 1. The maximum Gasteiger partial charge on any atom is 0.491 e. The number of aromatic nitrogens is 1. The number of likely N-dealkylation sites (tertiary alicyclic amines) is 1. The van der Waals surface area contributed by atoms with Gasteiger partial charge in [0.1, 0.15) is 21.8 Å². The van der Waals surface area contributed by atoms with E-state index in [2.05, 4.69) is 9.89 Å². The smallest absolute Gasteiger partial charge is 0.420 e. The van der Waals surface area contributed by atoms with E-state index in [0.29, 0.717) is 0 Å². The number of nitrogens with one attached hydrogen (secondary N) is 1. The second kappa shape index (κ2) is 9.85. The number of benzene rings is 1. The number of alkyl halides is 3. The van der Waals surface area contributed by atoms with E-state index in [1.165, 1.54) is 41.4 Å². The third kappa shape index (κ3) is 5.29. The third-order valence-corrected chi connectivity index (χ3v) is 8.55. The molecule has 0 saturated carbocycles. The summed E-state index contributed by atoms with van der Waals surface area (Å²) in [7, 11) is -4.22. The number of amides is 1. The first-order chi connectivity index (χ1) is 17.4. The number of thiophene rings is 1. The summed E-state index contributed by atoms with van der Waals surface area (Å²) in [5, 5.41) is 12.7. The molecule has 3 heterocycles. The fourth-order valence-electron chi connectivity index (χ4n) is 3.70. The number of nitrogens with two attached hydrogens (primary N) is 1. The molecule has 0 aliphatic carbocycles. The van der Waals surface area contributed by atoms with Gasteiger partial charge in [-0.1, -0.05) is 11.2 Å². The van der Waals surface area contributed by atoms with Crippen LogP contribution in [0, 0.1) is 5.41 Å². The molecule has 0 bridgehead atoms. The van der Waals surface area contributed by atoms with Gasteiger partial charge in [0.05, 0.1) is 6.20 Å². The molecule has 1 amide bonds. The van der Waals surface area contributed by atoms with Gasteiger partial charge in [0, 0.05) is 30.3 Å². The van der Waals surface area contributed by atoms with Crippen molar-refractivity contribution in [3.05, 3.63) is 59.1 Å². The van der Waals surface area contributed by atoms with Gasteiger partial charge in [0.25, 0.3) is 10.0 Å². The number of carbonyl (C=O) groups is 2. The fourth-order valence-corrected chi connectivity index (χ4v) is 6.35. The third-order valence-electron chi connectivity index (χ3n) is 5.37. The molecule has 0 spiro atoms. The van der Waals surface area contributed by atoms with Crippen molar-refractivity contribution in [3.8, 4) is 5.75 Å². The number of hydrogen-bond acceptors (Lipinski definition) is 9. The first-order valence-corrected chi connectivity index (χ1v) is 12.8. The molecule has 1 aliphatic rings. The molecule has 196 valence electrons. The molecule has 1 fully saturated rings. The van der Waals surface area contributed by atoms with Gasteiger partial charge in [-0.15, -0.1) is 11.3 Å². The van der Waals surface area contributed by atoms with Crippen molar-refractivity contribution in [3.63, 3.8) is 0 Å². The first-order valence-electron chi connectivity index (χ1n) is 10.4. The molecule has 3 N–H and O–H groups in total. The van der Waals surface area contributed by atoms with E-state index in [1.54, 1.807) is 5.38 Å². The molecule has 0 radical (unpaired) electrons. The quantitative estimate of drug-likeness (QED) is 0.185. The molecule has 4 rings (SSSR count). The highest BCUT2D eigenvalue weighted by molar-refractivity contribution is 7.94. The summed E-state index contributed by atoms with van der Waals surface area (Å²) in [6.07, 6.45) is -4.02. The summed E-state index contributed by atoms with van der Waals surface area (Å²) >= 11 is 0.944. The van der Waals surface area contributed by atoms with Gasteiger partial charge in [-0.2, -0.15) is 13.2 Å². The minimum absolute atomic E-state index is 0.0189. The predicted molar refractivity (Wildman–Crippen MR) is 123 cm³/mol. The number of hydrogen-bond donors (Lipinski definition) is 2. The summed E-state index contributed by atoms with van der Waals surface area (Å²) in [5.74, 6) is -4.21. The highest BCUT2D eigenvalue weighted by Crippen LogP contribution is 2.34. The average molecular weight is 558 g/mol. The Kier molecular flexibility index (Phi) is 6.96. The Bertz CT molecular complexity index is 1430. The maximum atomic E-state index is 13.4. The zero-order valence-electron chi connectivity index (χ0n) is 18.6. The van der Waals surface area contributed by atoms with Gasteiger partial charge in [-0.25, -0.2) is 17.5 Å². The van der Waals surface area contributed by atoms with Gasteiger partial charge in [0.2, 0.25) is 11.8 Å². The van der Waals surface area contributed by atoms with E-state index in [9.17, 15) is 31.2 Å². The molecule has 1 aromatic carbocycles. The van der Waals surface area contributed by atoms with Gasteiger partial charge in [-0.3, -0.25) is 10.2 Å². The number of carbonyl (C=O) groups excluding carboxylic acids is 2. The van der Waals surface area contributed by atoms with E-state index >= 15 is 0 Å². The van der Waals surface area contributed by atoms with E-state index in [4.69, 9.17) is 15.7 Å². The van der Waals surface area contributed by atoms with Gasteiger partial charge in [-0.05, 0) is 36.1 Å². The number of sulfonamides is 1. The molecule has 0 unspecified atom stereocenters. The first kappa shape index (κ1) is 26.2. The van der Waals surface area contributed by atoms with E-state index in [0.717, 1.165) is 21.7 Å². The molecule has 37 heavy (non-hydrogen) atoms. The van der Waals surface area contributed by atoms with E-state index < -0.39 is 45.7 Å². The highest BCUT2D eigenvalue weighted by Gasteiger charge is 2.45. The molecule has 16 heteroatoms. The van der Waals surface area contributed by atoms with Crippen molar-refractivity contribution < 1.29 is 40.4 Å². The van der Waals surface area contributed by atoms with Crippen LogP contribution >= 0.6 is 11.3 Å². The zero-order valence-corrected chi connectivity index (χ0v) is 20.3. The van der Waals surface area contributed by atoms with Crippen molar-refractivity contribution in [2.75, 3.05) is 10.8 Å². The lowest BCUT2D eigenvalue weighted by Crippen LogP contribution is -2.45. The van der Waals surface area contributed by atoms with Crippen LogP contribution in [0.1, 0.15) is 17.5 Å². The number of nitrogen functional groups attached to an aromatic ring is 1. The summed E-state index contributed by atoms with van der Waals surface area (Å²) in [6, 6.07) is 6.40. The number of rotatable bonds is 8. The predicted octanol–water partition coefficient (Wildman–Crippen LogP) is 2.48. The number of nitrogens with zero attached hydrogens (tertiary/aromatic N) is 3. The summed E-state index contributed by atoms with van der Waals surface area (Å²) in [4.78, 5) is 26.0. The zero-order chi connectivity index (χ0) is 27.0. The largest absolute Gasteiger partial charge is 0.491 e. The summed E-state index contributed by atoms with van der Waals surface area (Å²) in [5.41, 5.74) is 5.56.